The third-order valence-corrected chi connectivity index (χ3v) is 4.90. The molecular formula is C22H18ClN3O. The van der Waals surface area contributed by atoms with Gasteiger partial charge in [-0.3, -0.25) is 0 Å². The van der Waals surface area contributed by atoms with Gasteiger partial charge >= 0.3 is 0 Å². The van der Waals surface area contributed by atoms with Crippen LogP contribution >= 0.6 is 11.6 Å². The summed E-state index contributed by atoms with van der Waals surface area (Å²) < 4.78 is 5.48. The predicted octanol–water partition coefficient (Wildman–Crippen LogP) is 4.78. The molecule has 1 aliphatic heterocycles. The van der Waals surface area contributed by atoms with Crippen molar-refractivity contribution in [1.82, 2.24) is 4.98 Å². The lowest BCUT2D eigenvalue weighted by Crippen LogP contribution is -2.36. The third kappa shape index (κ3) is 3.66. The summed E-state index contributed by atoms with van der Waals surface area (Å²) in [6.07, 6.45) is 0. The van der Waals surface area contributed by atoms with Crippen LogP contribution < -0.4 is 4.90 Å². The number of hydrogen-bond donors (Lipinski definition) is 0. The van der Waals surface area contributed by atoms with Crippen molar-refractivity contribution in [2.45, 2.75) is 0 Å². The van der Waals surface area contributed by atoms with Crippen LogP contribution in [0.15, 0.2) is 60.7 Å². The monoisotopic (exact) mass is 375 g/mol. The number of pyridine rings is 1. The number of morpholine rings is 1. The van der Waals surface area contributed by atoms with Gasteiger partial charge in [-0.1, -0.05) is 54.1 Å². The highest BCUT2D eigenvalue weighted by Crippen LogP contribution is 2.34. The highest BCUT2D eigenvalue weighted by molar-refractivity contribution is 6.30. The molecule has 1 aliphatic rings. The number of anilines is 1. The maximum Gasteiger partial charge on any atom is 0.104 e. The summed E-state index contributed by atoms with van der Waals surface area (Å²) in [6, 6.07) is 21.8. The van der Waals surface area contributed by atoms with Crippen LogP contribution in [0, 0.1) is 11.3 Å². The van der Waals surface area contributed by atoms with E-state index in [9.17, 15) is 5.26 Å². The standard InChI is InChI=1S/C22H18ClN3O/c23-18-8-6-16(7-9-18)20-14-21(26-10-12-27-13-11-26)19(15-24)22(25-20)17-4-2-1-3-5-17/h1-9,14H,10-13H2. The number of benzene rings is 2. The van der Waals surface area contributed by atoms with Gasteiger partial charge in [0.05, 0.1) is 30.3 Å². The zero-order chi connectivity index (χ0) is 18.6. The van der Waals surface area contributed by atoms with Gasteiger partial charge in [-0.25, -0.2) is 4.98 Å². The average Bonchev–Trinajstić information content (AvgIpc) is 2.74. The van der Waals surface area contributed by atoms with Gasteiger partial charge in [0.1, 0.15) is 11.6 Å². The third-order valence-electron chi connectivity index (χ3n) is 4.65. The van der Waals surface area contributed by atoms with Crippen LogP contribution in [0.1, 0.15) is 5.56 Å². The molecule has 4 nitrogen and oxygen atoms in total. The SMILES string of the molecule is N#Cc1c(N2CCOCC2)cc(-c2ccc(Cl)cc2)nc1-c1ccccc1. The Balaban J connectivity index is 1.92. The van der Waals surface area contributed by atoms with Gasteiger partial charge in [-0.05, 0) is 18.2 Å². The molecule has 1 fully saturated rings. The van der Waals surface area contributed by atoms with E-state index in [1.165, 1.54) is 0 Å². The zero-order valence-electron chi connectivity index (χ0n) is 14.7. The van der Waals surface area contributed by atoms with E-state index in [1.807, 2.05) is 60.7 Å². The highest BCUT2D eigenvalue weighted by Gasteiger charge is 2.21. The molecule has 0 atom stereocenters. The van der Waals surface area contributed by atoms with Crippen molar-refractivity contribution in [2.24, 2.45) is 0 Å². The summed E-state index contributed by atoms with van der Waals surface area (Å²) >= 11 is 6.04. The molecule has 0 radical (unpaired) electrons. The van der Waals surface area contributed by atoms with Gasteiger partial charge < -0.3 is 9.64 Å². The van der Waals surface area contributed by atoms with E-state index in [-0.39, 0.29) is 0 Å². The summed E-state index contributed by atoms with van der Waals surface area (Å²) in [5.74, 6) is 0. The smallest absolute Gasteiger partial charge is 0.104 e. The van der Waals surface area contributed by atoms with Crippen molar-refractivity contribution < 1.29 is 4.74 Å². The number of ether oxygens (including phenoxy) is 1. The van der Waals surface area contributed by atoms with Crippen molar-refractivity contribution in [1.29, 1.82) is 5.26 Å². The van der Waals surface area contributed by atoms with Crippen molar-refractivity contribution in [3.63, 3.8) is 0 Å². The van der Waals surface area contributed by atoms with E-state index in [0.717, 1.165) is 35.6 Å². The van der Waals surface area contributed by atoms with Gasteiger partial charge in [0.15, 0.2) is 0 Å². The molecule has 2 heterocycles. The van der Waals surface area contributed by atoms with Gasteiger partial charge in [-0.15, -0.1) is 0 Å². The molecule has 27 heavy (non-hydrogen) atoms. The van der Waals surface area contributed by atoms with Crippen LogP contribution in [0.5, 0.6) is 0 Å². The molecule has 0 saturated carbocycles. The zero-order valence-corrected chi connectivity index (χ0v) is 15.5. The Morgan fingerprint density at radius 2 is 1.67 bits per heavy atom. The van der Waals surface area contributed by atoms with Crippen LogP contribution in [-0.2, 0) is 4.74 Å². The van der Waals surface area contributed by atoms with E-state index < -0.39 is 0 Å². The van der Waals surface area contributed by atoms with Crippen molar-refractivity contribution in [3.05, 3.63) is 71.2 Å². The summed E-state index contributed by atoms with van der Waals surface area (Å²) in [7, 11) is 0. The topological polar surface area (TPSA) is 49.2 Å². The second-order valence-corrected chi connectivity index (χ2v) is 6.77. The molecule has 5 heteroatoms. The Morgan fingerprint density at radius 1 is 0.963 bits per heavy atom. The first-order chi connectivity index (χ1) is 13.3. The molecule has 134 valence electrons. The van der Waals surface area contributed by atoms with E-state index in [1.54, 1.807) is 0 Å². The lowest BCUT2D eigenvalue weighted by atomic mass is 10.0. The minimum Gasteiger partial charge on any atom is -0.378 e. The van der Waals surface area contributed by atoms with Crippen LogP contribution in [-0.4, -0.2) is 31.3 Å². The fourth-order valence-corrected chi connectivity index (χ4v) is 3.39. The van der Waals surface area contributed by atoms with Crippen LogP contribution in [0.4, 0.5) is 5.69 Å². The summed E-state index contributed by atoms with van der Waals surface area (Å²) in [6.45, 7) is 2.83. The molecule has 4 rings (SSSR count). The molecule has 1 saturated heterocycles. The second kappa shape index (κ2) is 7.79. The molecule has 0 bridgehead atoms. The van der Waals surface area contributed by atoms with Gasteiger partial charge in [0.2, 0.25) is 0 Å². The van der Waals surface area contributed by atoms with Gasteiger partial charge in [-0.2, -0.15) is 5.26 Å². The molecule has 1 aromatic heterocycles. The van der Waals surface area contributed by atoms with Crippen molar-refractivity contribution in [2.75, 3.05) is 31.2 Å². The number of nitrogens with zero attached hydrogens (tertiary/aromatic N) is 3. The molecule has 0 N–H and O–H groups in total. The Bertz CT molecular complexity index is 975. The predicted molar refractivity (Wildman–Crippen MR) is 108 cm³/mol. The second-order valence-electron chi connectivity index (χ2n) is 6.33. The first-order valence-corrected chi connectivity index (χ1v) is 9.23. The molecule has 0 amide bonds. The maximum atomic E-state index is 9.92. The summed E-state index contributed by atoms with van der Waals surface area (Å²) in [5, 5.41) is 10.6. The van der Waals surface area contributed by atoms with Crippen molar-refractivity contribution in [3.8, 4) is 28.6 Å². The maximum absolute atomic E-state index is 9.92. The van der Waals surface area contributed by atoms with Crippen molar-refractivity contribution >= 4 is 17.3 Å². The molecule has 3 aromatic rings. The molecule has 0 aliphatic carbocycles. The Kier molecular flexibility index (Phi) is 5.06. The van der Waals surface area contributed by atoms with Crippen LogP contribution in [0.25, 0.3) is 22.5 Å². The quantitative estimate of drug-likeness (QED) is 0.661. The summed E-state index contributed by atoms with van der Waals surface area (Å²) in [5.41, 5.74) is 4.92. The van der Waals surface area contributed by atoms with E-state index in [4.69, 9.17) is 21.3 Å². The minimum absolute atomic E-state index is 0.598. The highest BCUT2D eigenvalue weighted by atomic mass is 35.5. The largest absolute Gasteiger partial charge is 0.378 e. The van der Waals surface area contributed by atoms with E-state index >= 15 is 0 Å². The Hall–Kier alpha value is -2.87. The van der Waals surface area contributed by atoms with Crippen LogP contribution in [0.3, 0.4) is 0 Å². The normalized spacial score (nSPS) is 14.0. The molecule has 2 aromatic carbocycles. The van der Waals surface area contributed by atoms with E-state index in [2.05, 4.69) is 11.0 Å². The first kappa shape index (κ1) is 17.5. The minimum atomic E-state index is 0.598. The fourth-order valence-electron chi connectivity index (χ4n) is 3.27. The number of hydrogen-bond acceptors (Lipinski definition) is 4. The lowest BCUT2D eigenvalue weighted by Gasteiger charge is -2.30. The number of aromatic nitrogens is 1. The molecule has 0 unspecified atom stereocenters. The molecule has 0 spiro atoms. The van der Waals surface area contributed by atoms with E-state index in [0.29, 0.717) is 29.5 Å². The molecular weight excluding hydrogens is 358 g/mol. The number of nitriles is 1. The first-order valence-electron chi connectivity index (χ1n) is 8.85. The van der Waals surface area contributed by atoms with Gasteiger partial charge in [0, 0.05) is 29.2 Å². The number of halogens is 1. The lowest BCUT2D eigenvalue weighted by molar-refractivity contribution is 0.122. The fraction of sp³-hybridized carbons (Fsp3) is 0.182. The Morgan fingerprint density at radius 3 is 2.33 bits per heavy atom. The summed E-state index contributed by atoms with van der Waals surface area (Å²) in [4.78, 5) is 7.05. The average molecular weight is 376 g/mol. The van der Waals surface area contributed by atoms with Gasteiger partial charge in [0.25, 0.3) is 0 Å². The Labute approximate surface area is 163 Å². The van der Waals surface area contributed by atoms with Crippen LogP contribution in [0.2, 0.25) is 5.02 Å². The number of rotatable bonds is 3.